The minimum absolute atomic E-state index is 0.614. The van der Waals surface area contributed by atoms with Crippen molar-refractivity contribution in [2.75, 3.05) is 39.9 Å². The normalized spacial score (nSPS) is 16.4. The van der Waals surface area contributed by atoms with Crippen molar-refractivity contribution in [1.29, 1.82) is 0 Å². The van der Waals surface area contributed by atoms with Crippen LogP contribution in [-0.4, -0.2) is 49.8 Å². The monoisotopic (exact) mass is 385 g/mol. The Labute approximate surface area is 167 Å². The average molecular weight is 386 g/mol. The van der Waals surface area contributed by atoms with Gasteiger partial charge in [0.25, 0.3) is 0 Å². The van der Waals surface area contributed by atoms with Gasteiger partial charge in [-0.15, -0.1) is 0 Å². The lowest BCUT2D eigenvalue weighted by Crippen LogP contribution is -2.38. The van der Waals surface area contributed by atoms with E-state index in [0.29, 0.717) is 24.0 Å². The Balaban J connectivity index is 1.69. The molecule has 1 saturated heterocycles. The van der Waals surface area contributed by atoms with Crippen LogP contribution in [0.25, 0.3) is 10.9 Å². The van der Waals surface area contributed by atoms with Crippen molar-refractivity contribution < 1.29 is 14.2 Å². The minimum Gasteiger partial charge on any atom is -0.493 e. The molecule has 0 atom stereocenters. The van der Waals surface area contributed by atoms with Gasteiger partial charge in [0.2, 0.25) is 0 Å². The maximum absolute atomic E-state index is 6.05. The molecule has 1 aliphatic heterocycles. The largest absolute Gasteiger partial charge is 0.493 e. The van der Waals surface area contributed by atoms with Gasteiger partial charge < -0.3 is 19.9 Å². The van der Waals surface area contributed by atoms with Gasteiger partial charge in [-0.1, -0.05) is 0 Å². The molecule has 1 aliphatic rings. The third-order valence-corrected chi connectivity index (χ3v) is 5.37. The summed E-state index contributed by atoms with van der Waals surface area (Å²) in [6.45, 7) is 8.36. The topological polar surface area (TPSA) is 69.8 Å². The molecule has 1 aromatic heterocycles. The first-order chi connectivity index (χ1) is 13.6. The zero-order valence-corrected chi connectivity index (χ0v) is 17.1. The van der Waals surface area contributed by atoms with Crippen molar-refractivity contribution in [3.8, 4) is 17.2 Å². The van der Waals surface area contributed by atoms with E-state index in [-0.39, 0.29) is 0 Å². The van der Waals surface area contributed by atoms with Crippen molar-refractivity contribution in [1.82, 2.24) is 9.88 Å². The molecule has 0 bridgehead atoms. The second-order valence-corrected chi connectivity index (χ2v) is 7.20. The van der Waals surface area contributed by atoms with E-state index in [1.54, 1.807) is 13.3 Å². The number of nitrogens with zero attached hydrogens (tertiary/aromatic N) is 2. The number of rotatable bonds is 8. The number of methoxy groups -OCH3 is 1. The summed E-state index contributed by atoms with van der Waals surface area (Å²) in [4.78, 5) is 6.90. The summed E-state index contributed by atoms with van der Waals surface area (Å²) in [5.74, 6) is 3.66. The van der Waals surface area contributed by atoms with E-state index in [9.17, 15) is 0 Å². The van der Waals surface area contributed by atoms with Crippen molar-refractivity contribution in [3.05, 3.63) is 36.2 Å². The van der Waals surface area contributed by atoms with Gasteiger partial charge in [0.05, 0.1) is 18.4 Å². The molecule has 0 aliphatic carbocycles. The SMILES string of the molecule is C/C=C(\C)Oc1ccnc2cc(OCCN3CCC(CN)CC3)c(OC)cc12. The Bertz CT molecular complexity index is 814. The van der Waals surface area contributed by atoms with E-state index in [1.807, 2.05) is 38.1 Å². The summed E-state index contributed by atoms with van der Waals surface area (Å²) in [6.07, 6.45) is 6.03. The van der Waals surface area contributed by atoms with Gasteiger partial charge in [0, 0.05) is 24.2 Å². The minimum atomic E-state index is 0.614. The number of nitrogens with two attached hydrogens (primary N) is 1. The zero-order valence-electron chi connectivity index (χ0n) is 17.1. The predicted octanol–water partition coefficient (Wildman–Crippen LogP) is 3.60. The Hall–Kier alpha value is -2.31. The summed E-state index contributed by atoms with van der Waals surface area (Å²) >= 11 is 0. The van der Waals surface area contributed by atoms with Crippen LogP contribution in [0.15, 0.2) is 36.2 Å². The Kier molecular flexibility index (Phi) is 7.12. The van der Waals surface area contributed by atoms with E-state index in [0.717, 1.165) is 48.6 Å². The molecule has 28 heavy (non-hydrogen) atoms. The van der Waals surface area contributed by atoms with Crippen LogP contribution in [0.5, 0.6) is 17.2 Å². The number of pyridine rings is 1. The first kappa shape index (κ1) is 20.4. The molecule has 152 valence electrons. The number of fused-ring (bicyclic) bond motifs is 1. The average Bonchev–Trinajstić information content (AvgIpc) is 2.73. The fourth-order valence-corrected chi connectivity index (χ4v) is 3.45. The van der Waals surface area contributed by atoms with E-state index >= 15 is 0 Å². The van der Waals surface area contributed by atoms with Crippen LogP contribution in [0.2, 0.25) is 0 Å². The second-order valence-electron chi connectivity index (χ2n) is 7.20. The van der Waals surface area contributed by atoms with E-state index in [4.69, 9.17) is 19.9 Å². The van der Waals surface area contributed by atoms with Gasteiger partial charge in [0.15, 0.2) is 11.5 Å². The number of piperidine rings is 1. The van der Waals surface area contributed by atoms with E-state index in [2.05, 4.69) is 9.88 Å². The summed E-state index contributed by atoms with van der Waals surface area (Å²) in [6, 6.07) is 5.72. The number of likely N-dealkylation sites (tertiary alicyclic amines) is 1. The smallest absolute Gasteiger partial charge is 0.163 e. The standard InChI is InChI=1S/C22H31N3O3/c1-4-16(2)28-20-5-8-24-19-14-22(21(26-3)13-18(19)20)27-12-11-25-9-6-17(15-23)7-10-25/h4-5,8,13-14,17H,6-7,9-12,15,23H2,1-3H3/b16-4+. The second kappa shape index (κ2) is 9.75. The summed E-state index contributed by atoms with van der Waals surface area (Å²) in [5, 5.41) is 0.900. The van der Waals surface area contributed by atoms with Gasteiger partial charge in [0.1, 0.15) is 12.4 Å². The van der Waals surface area contributed by atoms with Crippen LogP contribution >= 0.6 is 0 Å². The number of benzene rings is 1. The molecule has 6 heteroatoms. The van der Waals surface area contributed by atoms with Gasteiger partial charge in [-0.2, -0.15) is 0 Å². The summed E-state index contributed by atoms with van der Waals surface area (Å²) in [5.41, 5.74) is 6.59. The fourth-order valence-electron chi connectivity index (χ4n) is 3.45. The number of hydrogen-bond donors (Lipinski definition) is 1. The predicted molar refractivity (Wildman–Crippen MR) is 112 cm³/mol. The highest BCUT2D eigenvalue weighted by Crippen LogP contribution is 2.36. The van der Waals surface area contributed by atoms with Crippen LogP contribution in [0.4, 0.5) is 0 Å². The van der Waals surface area contributed by atoms with Crippen LogP contribution < -0.4 is 19.9 Å². The van der Waals surface area contributed by atoms with Gasteiger partial charge in [-0.3, -0.25) is 9.88 Å². The highest BCUT2D eigenvalue weighted by molar-refractivity contribution is 5.88. The molecule has 0 unspecified atom stereocenters. The molecule has 2 aromatic rings. The highest BCUT2D eigenvalue weighted by atomic mass is 16.5. The van der Waals surface area contributed by atoms with Crippen molar-refractivity contribution in [3.63, 3.8) is 0 Å². The third-order valence-electron chi connectivity index (χ3n) is 5.37. The maximum Gasteiger partial charge on any atom is 0.163 e. The van der Waals surface area contributed by atoms with Gasteiger partial charge >= 0.3 is 0 Å². The van der Waals surface area contributed by atoms with Crippen LogP contribution in [0.3, 0.4) is 0 Å². The first-order valence-electron chi connectivity index (χ1n) is 9.97. The molecule has 6 nitrogen and oxygen atoms in total. The number of allylic oxidation sites excluding steroid dienone is 2. The Morgan fingerprint density at radius 1 is 1.25 bits per heavy atom. The molecule has 1 fully saturated rings. The van der Waals surface area contributed by atoms with Crippen molar-refractivity contribution >= 4 is 10.9 Å². The zero-order chi connectivity index (χ0) is 19.9. The van der Waals surface area contributed by atoms with Crippen molar-refractivity contribution in [2.24, 2.45) is 11.7 Å². The Morgan fingerprint density at radius 2 is 2.04 bits per heavy atom. The van der Waals surface area contributed by atoms with Crippen LogP contribution in [0.1, 0.15) is 26.7 Å². The third kappa shape index (κ3) is 4.94. The fraction of sp³-hybridized carbons (Fsp3) is 0.500. The molecule has 0 amide bonds. The van der Waals surface area contributed by atoms with E-state index < -0.39 is 0 Å². The molecular formula is C22H31N3O3. The maximum atomic E-state index is 6.05. The van der Waals surface area contributed by atoms with E-state index in [1.165, 1.54) is 12.8 Å². The number of ether oxygens (including phenoxy) is 3. The molecule has 0 saturated carbocycles. The lowest BCUT2D eigenvalue weighted by atomic mass is 9.97. The number of hydrogen-bond acceptors (Lipinski definition) is 6. The molecule has 0 spiro atoms. The first-order valence-corrected chi connectivity index (χ1v) is 9.97. The quantitative estimate of drug-likeness (QED) is 0.700. The summed E-state index contributed by atoms with van der Waals surface area (Å²) < 4.78 is 17.5. The molecule has 2 heterocycles. The number of aromatic nitrogens is 1. The highest BCUT2D eigenvalue weighted by Gasteiger charge is 2.18. The molecule has 3 rings (SSSR count). The molecule has 0 radical (unpaired) electrons. The van der Waals surface area contributed by atoms with Crippen LogP contribution in [0, 0.1) is 5.92 Å². The molecular weight excluding hydrogens is 354 g/mol. The van der Waals surface area contributed by atoms with Crippen molar-refractivity contribution in [2.45, 2.75) is 26.7 Å². The Morgan fingerprint density at radius 3 is 2.71 bits per heavy atom. The van der Waals surface area contributed by atoms with Gasteiger partial charge in [-0.25, -0.2) is 0 Å². The molecule has 1 aromatic carbocycles. The van der Waals surface area contributed by atoms with Gasteiger partial charge in [-0.05, 0) is 70.5 Å². The molecule has 2 N–H and O–H groups in total. The summed E-state index contributed by atoms with van der Waals surface area (Å²) in [7, 11) is 1.65. The lowest BCUT2D eigenvalue weighted by Gasteiger charge is -2.31. The lowest BCUT2D eigenvalue weighted by molar-refractivity contribution is 0.155. The van der Waals surface area contributed by atoms with Crippen LogP contribution in [-0.2, 0) is 0 Å².